The molecular weight excluding hydrogens is 226 g/mol. The van der Waals surface area contributed by atoms with Crippen LogP contribution in [0.1, 0.15) is 19.6 Å². The molecule has 0 radical (unpaired) electrons. The minimum Gasteiger partial charge on any atom is -0.469 e. The van der Waals surface area contributed by atoms with Crippen molar-refractivity contribution in [1.29, 1.82) is 0 Å². The van der Waals surface area contributed by atoms with Crippen LogP contribution in [0.25, 0.3) is 0 Å². The molecule has 1 unspecified atom stereocenters. The summed E-state index contributed by atoms with van der Waals surface area (Å²) in [7, 11) is 0. The molecule has 0 bridgehead atoms. The van der Waals surface area contributed by atoms with Crippen molar-refractivity contribution in [3.63, 3.8) is 0 Å². The van der Waals surface area contributed by atoms with E-state index >= 15 is 0 Å². The van der Waals surface area contributed by atoms with Gasteiger partial charge in [0.15, 0.2) is 0 Å². The summed E-state index contributed by atoms with van der Waals surface area (Å²) in [5, 5.41) is 6.56. The van der Waals surface area contributed by atoms with Crippen LogP contribution in [0.5, 0.6) is 0 Å². The summed E-state index contributed by atoms with van der Waals surface area (Å²) in [5.41, 5.74) is 0. The number of nitrogens with zero attached hydrogens (tertiary/aromatic N) is 1. The normalized spacial score (nSPS) is 12.1. The predicted octanol–water partition coefficient (Wildman–Crippen LogP) is 3.15. The van der Waals surface area contributed by atoms with E-state index in [1.54, 1.807) is 6.26 Å². The van der Waals surface area contributed by atoms with Crippen LogP contribution in [0.15, 0.2) is 41.0 Å². The predicted molar refractivity (Wildman–Crippen MR) is 73.9 cm³/mol. The maximum absolute atomic E-state index is 5.33. The fourth-order valence-electron chi connectivity index (χ4n) is 1.83. The summed E-state index contributed by atoms with van der Waals surface area (Å²) in [5.74, 6) is 2.76. The Labute approximate surface area is 107 Å². The lowest BCUT2D eigenvalue weighted by Crippen LogP contribution is -2.18. The molecule has 2 N–H and O–H groups in total. The molecule has 2 aromatic heterocycles. The van der Waals surface area contributed by atoms with E-state index in [-0.39, 0.29) is 6.04 Å². The summed E-state index contributed by atoms with van der Waals surface area (Å²) in [4.78, 5) is 4.48. The summed E-state index contributed by atoms with van der Waals surface area (Å²) in [6, 6.07) is 10.1. The zero-order valence-corrected chi connectivity index (χ0v) is 10.8. The quantitative estimate of drug-likeness (QED) is 0.820. The van der Waals surface area contributed by atoms with Gasteiger partial charge in [0.05, 0.1) is 6.26 Å². The molecule has 0 spiro atoms. The van der Waals surface area contributed by atoms with Crippen LogP contribution < -0.4 is 10.6 Å². The second kappa shape index (κ2) is 6.10. The largest absolute Gasteiger partial charge is 0.469 e. The Morgan fingerprint density at radius 2 is 2.06 bits per heavy atom. The van der Waals surface area contributed by atoms with Crippen LogP contribution in [0.2, 0.25) is 0 Å². The van der Waals surface area contributed by atoms with Crippen molar-refractivity contribution in [1.82, 2.24) is 4.98 Å². The van der Waals surface area contributed by atoms with Gasteiger partial charge in [-0.2, -0.15) is 0 Å². The van der Waals surface area contributed by atoms with Crippen molar-refractivity contribution < 1.29 is 4.42 Å². The van der Waals surface area contributed by atoms with E-state index in [1.165, 1.54) is 0 Å². The van der Waals surface area contributed by atoms with E-state index in [1.807, 2.05) is 30.3 Å². The highest BCUT2D eigenvalue weighted by molar-refractivity contribution is 5.45. The molecule has 4 nitrogen and oxygen atoms in total. The van der Waals surface area contributed by atoms with Crippen LogP contribution >= 0.6 is 0 Å². The van der Waals surface area contributed by atoms with E-state index in [9.17, 15) is 0 Å². The molecule has 0 amide bonds. The fraction of sp³-hybridized carbons (Fsp3) is 0.357. The first-order valence-corrected chi connectivity index (χ1v) is 6.27. The number of hydrogen-bond donors (Lipinski definition) is 2. The molecule has 2 heterocycles. The molecule has 0 aliphatic rings. The maximum atomic E-state index is 5.33. The Balaban J connectivity index is 1.93. The van der Waals surface area contributed by atoms with Gasteiger partial charge in [-0.1, -0.05) is 6.07 Å². The van der Waals surface area contributed by atoms with E-state index in [0.717, 1.165) is 30.4 Å². The third-order valence-electron chi connectivity index (χ3n) is 2.59. The maximum Gasteiger partial charge on any atom is 0.128 e. The lowest BCUT2D eigenvalue weighted by atomic mass is 10.2. The smallest absolute Gasteiger partial charge is 0.128 e. The van der Waals surface area contributed by atoms with Gasteiger partial charge in [0.25, 0.3) is 0 Å². The molecule has 2 rings (SSSR count). The van der Waals surface area contributed by atoms with Gasteiger partial charge >= 0.3 is 0 Å². The minimum absolute atomic E-state index is 0.278. The molecule has 0 fully saturated rings. The summed E-state index contributed by atoms with van der Waals surface area (Å²) >= 11 is 0. The molecule has 0 saturated carbocycles. The molecule has 18 heavy (non-hydrogen) atoms. The topological polar surface area (TPSA) is 50.1 Å². The van der Waals surface area contributed by atoms with Crippen molar-refractivity contribution in [2.75, 3.05) is 17.2 Å². The SMILES string of the molecule is CCNc1cccc(NC(C)Cc2ccco2)n1. The first-order chi connectivity index (χ1) is 8.78. The van der Waals surface area contributed by atoms with Gasteiger partial charge in [-0.05, 0) is 38.1 Å². The highest BCUT2D eigenvalue weighted by atomic mass is 16.3. The lowest BCUT2D eigenvalue weighted by Gasteiger charge is -2.14. The van der Waals surface area contributed by atoms with Crippen molar-refractivity contribution in [3.05, 3.63) is 42.4 Å². The number of rotatable bonds is 6. The Bertz CT molecular complexity index is 468. The Morgan fingerprint density at radius 1 is 1.22 bits per heavy atom. The van der Waals surface area contributed by atoms with E-state index in [0.29, 0.717) is 0 Å². The lowest BCUT2D eigenvalue weighted by molar-refractivity contribution is 0.497. The average Bonchev–Trinajstić information content (AvgIpc) is 2.82. The third-order valence-corrected chi connectivity index (χ3v) is 2.59. The average molecular weight is 245 g/mol. The summed E-state index contributed by atoms with van der Waals surface area (Å²) in [6.07, 6.45) is 2.55. The van der Waals surface area contributed by atoms with Gasteiger partial charge in [0.1, 0.15) is 17.4 Å². The monoisotopic (exact) mass is 245 g/mol. The summed E-state index contributed by atoms with van der Waals surface area (Å²) in [6.45, 7) is 5.05. The standard InChI is InChI=1S/C14H19N3O/c1-3-15-13-7-4-8-14(17-13)16-11(2)10-12-6-5-9-18-12/h4-9,11H,3,10H2,1-2H3,(H2,15,16,17). The first-order valence-electron chi connectivity index (χ1n) is 6.27. The van der Waals surface area contributed by atoms with Gasteiger partial charge in [0.2, 0.25) is 0 Å². The van der Waals surface area contributed by atoms with E-state index in [2.05, 4.69) is 29.5 Å². The second-order valence-electron chi connectivity index (χ2n) is 4.27. The molecule has 2 aromatic rings. The van der Waals surface area contributed by atoms with Crippen LogP contribution in [0.4, 0.5) is 11.6 Å². The second-order valence-corrected chi connectivity index (χ2v) is 4.27. The Hall–Kier alpha value is -1.97. The fourth-order valence-corrected chi connectivity index (χ4v) is 1.83. The van der Waals surface area contributed by atoms with Gasteiger partial charge < -0.3 is 15.1 Å². The van der Waals surface area contributed by atoms with E-state index < -0.39 is 0 Å². The van der Waals surface area contributed by atoms with Crippen molar-refractivity contribution >= 4 is 11.6 Å². The molecule has 0 aromatic carbocycles. The first kappa shape index (κ1) is 12.5. The van der Waals surface area contributed by atoms with Crippen molar-refractivity contribution in [2.45, 2.75) is 26.3 Å². The highest BCUT2D eigenvalue weighted by Gasteiger charge is 2.06. The summed E-state index contributed by atoms with van der Waals surface area (Å²) < 4.78 is 5.33. The number of aromatic nitrogens is 1. The number of nitrogens with one attached hydrogen (secondary N) is 2. The highest BCUT2D eigenvalue weighted by Crippen LogP contribution is 2.12. The van der Waals surface area contributed by atoms with Gasteiger partial charge in [0, 0.05) is 19.0 Å². The van der Waals surface area contributed by atoms with E-state index in [4.69, 9.17) is 4.42 Å². The van der Waals surface area contributed by atoms with Gasteiger partial charge in [-0.15, -0.1) is 0 Å². The molecular formula is C14H19N3O. The molecule has 0 saturated heterocycles. The Morgan fingerprint density at radius 3 is 2.78 bits per heavy atom. The molecule has 1 atom stereocenters. The van der Waals surface area contributed by atoms with Crippen molar-refractivity contribution in [3.8, 4) is 0 Å². The number of furan rings is 1. The molecule has 4 heteroatoms. The molecule has 0 aliphatic carbocycles. The van der Waals surface area contributed by atoms with Crippen molar-refractivity contribution in [2.24, 2.45) is 0 Å². The zero-order valence-electron chi connectivity index (χ0n) is 10.8. The zero-order chi connectivity index (χ0) is 12.8. The number of hydrogen-bond acceptors (Lipinski definition) is 4. The Kier molecular flexibility index (Phi) is 4.23. The number of pyridine rings is 1. The molecule has 96 valence electrons. The van der Waals surface area contributed by atoms with Crippen LogP contribution in [0.3, 0.4) is 0 Å². The number of anilines is 2. The van der Waals surface area contributed by atoms with Crippen LogP contribution in [0, 0.1) is 0 Å². The third kappa shape index (κ3) is 3.52. The van der Waals surface area contributed by atoms with Gasteiger partial charge in [-0.25, -0.2) is 4.98 Å². The molecule has 0 aliphatic heterocycles. The van der Waals surface area contributed by atoms with Crippen LogP contribution in [-0.4, -0.2) is 17.6 Å². The minimum atomic E-state index is 0.278. The van der Waals surface area contributed by atoms with Crippen LogP contribution in [-0.2, 0) is 6.42 Å². The van der Waals surface area contributed by atoms with Gasteiger partial charge in [-0.3, -0.25) is 0 Å².